The van der Waals surface area contributed by atoms with Crippen LogP contribution in [0.4, 0.5) is 5.82 Å². The molecule has 1 aromatic heterocycles. The Bertz CT molecular complexity index is 336. The van der Waals surface area contributed by atoms with Crippen LogP contribution in [0.3, 0.4) is 0 Å². The SMILES string of the molecule is NC(=O)c1nc(NCS(=O)O)co1. The Balaban J connectivity index is 2.59. The Morgan fingerprint density at radius 2 is 2.54 bits per heavy atom. The molecule has 1 aromatic rings. The molecule has 7 nitrogen and oxygen atoms in total. The Morgan fingerprint density at radius 3 is 3.00 bits per heavy atom. The third kappa shape index (κ3) is 2.84. The number of amides is 1. The summed E-state index contributed by atoms with van der Waals surface area (Å²) in [5.74, 6) is -1.04. The molecule has 4 N–H and O–H groups in total. The first kappa shape index (κ1) is 9.68. The molecule has 0 saturated carbocycles. The van der Waals surface area contributed by atoms with Gasteiger partial charge in [-0.25, -0.2) is 4.21 Å². The van der Waals surface area contributed by atoms with E-state index in [0.29, 0.717) is 0 Å². The van der Waals surface area contributed by atoms with Crippen molar-refractivity contribution < 1.29 is 18.0 Å². The lowest BCUT2D eigenvalue weighted by atomic mass is 10.6. The smallest absolute Gasteiger partial charge is 0.304 e. The van der Waals surface area contributed by atoms with Crippen LogP contribution < -0.4 is 11.1 Å². The van der Waals surface area contributed by atoms with Gasteiger partial charge in [0.05, 0.1) is 0 Å². The normalized spacial score (nSPS) is 12.4. The Kier molecular flexibility index (Phi) is 2.98. The topological polar surface area (TPSA) is 118 Å². The molecule has 0 aliphatic rings. The lowest BCUT2D eigenvalue weighted by Gasteiger charge is -1.94. The summed E-state index contributed by atoms with van der Waals surface area (Å²) in [4.78, 5) is 14.1. The van der Waals surface area contributed by atoms with Gasteiger partial charge in [0.25, 0.3) is 5.89 Å². The van der Waals surface area contributed by atoms with Gasteiger partial charge >= 0.3 is 5.91 Å². The molecule has 72 valence electrons. The maximum absolute atomic E-state index is 10.5. The number of nitrogens with zero attached hydrogens (tertiary/aromatic N) is 1. The fourth-order valence-corrected chi connectivity index (χ4v) is 0.875. The predicted octanol–water partition coefficient (Wildman–Crippen LogP) is -0.635. The number of carbonyl (C=O) groups is 1. The van der Waals surface area contributed by atoms with Crippen LogP contribution in [0.2, 0.25) is 0 Å². The van der Waals surface area contributed by atoms with E-state index in [9.17, 15) is 9.00 Å². The van der Waals surface area contributed by atoms with Crippen LogP contribution in [0.1, 0.15) is 10.7 Å². The van der Waals surface area contributed by atoms with Crippen LogP contribution in [0.15, 0.2) is 10.7 Å². The summed E-state index contributed by atoms with van der Waals surface area (Å²) < 4.78 is 23.2. The predicted molar refractivity (Wildman–Crippen MR) is 44.3 cm³/mol. The first-order valence-corrected chi connectivity index (χ1v) is 4.44. The number of rotatable bonds is 4. The van der Waals surface area contributed by atoms with Gasteiger partial charge in [0.1, 0.15) is 12.1 Å². The minimum atomic E-state index is -1.98. The summed E-state index contributed by atoms with van der Waals surface area (Å²) in [6.45, 7) is 0. The molecular formula is C5H7N3O4S. The molecule has 0 fully saturated rings. The van der Waals surface area contributed by atoms with E-state index in [1.54, 1.807) is 0 Å². The van der Waals surface area contributed by atoms with E-state index in [0.717, 1.165) is 6.26 Å². The monoisotopic (exact) mass is 205 g/mol. The van der Waals surface area contributed by atoms with Gasteiger partial charge in [0.15, 0.2) is 16.9 Å². The fourth-order valence-electron chi connectivity index (χ4n) is 0.604. The van der Waals surface area contributed by atoms with E-state index in [4.69, 9.17) is 10.3 Å². The molecule has 8 heteroatoms. The van der Waals surface area contributed by atoms with E-state index in [1.807, 2.05) is 0 Å². The van der Waals surface area contributed by atoms with E-state index >= 15 is 0 Å². The number of aromatic nitrogens is 1. The standard InChI is InChI=1S/C5H7N3O4S/c6-4(9)5-8-3(1-12-5)7-2-13(10)11/h1,7H,2H2,(H2,6,9)(H,10,11). The highest BCUT2D eigenvalue weighted by molar-refractivity contribution is 7.79. The molecule has 0 radical (unpaired) electrons. The van der Waals surface area contributed by atoms with Crippen molar-refractivity contribution >= 4 is 22.8 Å². The second-order valence-electron chi connectivity index (χ2n) is 2.04. The van der Waals surface area contributed by atoms with Gasteiger partial charge in [0, 0.05) is 0 Å². The fraction of sp³-hybridized carbons (Fsp3) is 0.200. The number of nitrogens with two attached hydrogens (primary N) is 1. The molecule has 1 atom stereocenters. The quantitative estimate of drug-likeness (QED) is 0.563. The van der Waals surface area contributed by atoms with Crippen molar-refractivity contribution in [3.8, 4) is 0 Å². The zero-order valence-corrected chi connectivity index (χ0v) is 7.21. The van der Waals surface area contributed by atoms with Crippen LogP contribution in [0.25, 0.3) is 0 Å². The summed E-state index contributed by atoms with van der Waals surface area (Å²) in [6.07, 6.45) is 1.13. The van der Waals surface area contributed by atoms with Crippen molar-refractivity contribution in [2.45, 2.75) is 0 Å². The average Bonchev–Trinajstić information content (AvgIpc) is 2.48. The Hall–Kier alpha value is -1.41. The second-order valence-corrected chi connectivity index (χ2v) is 2.98. The van der Waals surface area contributed by atoms with Crippen LogP contribution in [0, 0.1) is 0 Å². The molecule has 1 heterocycles. The van der Waals surface area contributed by atoms with Gasteiger partial charge in [-0.1, -0.05) is 0 Å². The number of hydrogen-bond donors (Lipinski definition) is 3. The van der Waals surface area contributed by atoms with Crippen molar-refractivity contribution in [1.82, 2.24) is 4.98 Å². The highest BCUT2D eigenvalue weighted by Crippen LogP contribution is 2.05. The first-order valence-electron chi connectivity index (χ1n) is 3.16. The lowest BCUT2D eigenvalue weighted by molar-refractivity contribution is 0.0967. The lowest BCUT2D eigenvalue weighted by Crippen LogP contribution is -2.12. The van der Waals surface area contributed by atoms with Crippen molar-refractivity contribution in [2.24, 2.45) is 5.73 Å². The minimum Gasteiger partial charge on any atom is -0.439 e. The molecule has 13 heavy (non-hydrogen) atoms. The molecule has 0 aromatic carbocycles. The maximum Gasteiger partial charge on any atom is 0.304 e. The number of primary amides is 1. The van der Waals surface area contributed by atoms with Gasteiger partial charge < -0.3 is 20.0 Å². The molecule has 0 saturated heterocycles. The van der Waals surface area contributed by atoms with Crippen molar-refractivity contribution in [3.63, 3.8) is 0 Å². The van der Waals surface area contributed by atoms with Crippen molar-refractivity contribution in [2.75, 3.05) is 11.2 Å². The maximum atomic E-state index is 10.5. The molecule has 1 rings (SSSR count). The number of oxazole rings is 1. The van der Waals surface area contributed by atoms with E-state index < -0.39 is 17.0 Å². The molecule has 1 amide bonds. The van der Waals surface area contributed by atoms with E-state index in [2.05, 4.69) is 14.7 Å². The Labute approximate surface area is 75.6 Å². The molecule has 0 bridgehead atoms. The van der Waals surface area contributed by atoms with Crippen LogP contribution >= 0.6 is 0 Å². The third-order valence-electron chi connectivity index (χ3n) is 1.09. The minimum absolute atomic E-state index is 0.190. The molecule has 0 aliphatic heterocycles. The van der Waals surface area contributed by atoms with Crippen molar-refractivity contribution in [3.05, 3.63) is 12.2 Å². The van der Waals surface area contributed by atoms with Gasteiger partial charge in [-0.3, -0.25) is 4.79 Å². The zero-order valence-electron chi connectivity index (χ0n) is 6.39. The van der Waals surface area contributed by atoms with Gasteiger partial charge in [-0.15, -0.1) is 0 Å². The van der Waals surface area contributed by atoms with Crippen molar-refractivity contribution in [1.29, 1.82) is 0 Å². The summed E-state index contributed by atoms with van der Waals surface area (Å²) in [7, 11) is 0. The molecule has 1 unspecified atom stereocenters. The van der Waals surface area contributed by atoms with Crippen LogP contribution in [-0.2, 0) is 11.1 Å². The first-order chi connectivity index (χ1) is 6.09. The summed E-state index contributed by atoms with van der Waals surface area (Å²) in [6, 6.07) is 0. The highest BCUT2D eigenvalue weighted by atomic mass is 32.2. The second kappa shape index (κ2) is 4.01. The average molecular weight is 205 g/mol. The number of anilines is 1. The Morgan fingerprint density at radius 1 is 1.85 bits per heavy atom. The van der Waals surface area contributed by atoms with Crippen LogP contribution in [-0.4, -0.2) is 25.5 Å². The molecular weight excluding hydrogens is 198 g/mol. The van der Waals surface area contributed by atoms with E-state index in [1.165, 1.54) is 0 Å². The van der Waals surface area contributed by atoms with E-state index in [-0.39, 0.29) is 17.6 Å². The zero-order chi connectivity index (χ0) is 9.84. The highest BCUT2D eigenvalue weighted by Gasteiger charge is 2.08. The summed E-state index contributed by atoms with van der Waals surface area (Å²) in [5.41, 5.74) is 4.85. The number of nitrogens with one attached hydrogen (secondary N) is 1. The van der Waals surface area contributed by atoms with Gasteiger partial charge in [0.2, 0.25) is 0 Å². The number of carbonyl (C=O) groups excluding carboxylic acids is 1. The van der Waals surface area contributed by atoms with Gasteiger partial charge in [-0.2, -0.15) is 4.98 Å². The number of hydrogen-bond acceptors (Lipinski definition) is 5. The molecule has 0 aliphatic carbocycles. The molecule has 0 spiro atoms. The third-order valence-corrected chi connectivity index (χ3v) is 1.48. The summed E-state index contributed by atoms with van der Waals surface area (Å²) >= 11 is -1.98. The largest absolute Gasteiger partial charge is 0.439 e. The van der Waals surface area contributed by atoms with Gasteiger partial charge in [-0.05, 0) is 0 Å². The van der Waals surface area contributed by atoms with Crippen LogP contribution in [0.5, 0.6) is 0 Å². The summed E-state index contributed by atoms with van der Waals surface area (Å²) in [5, 5.41) is 2.46.